The molecule has 0 aromatic carbocycles. The lowest BCUT2D eigenvalue weighted by molar-refractivity contribution is -0.123. The molecule has 1 aliphatic heterocycles. The third-order valence-corrected chi connectivity index (χ3v) is 6.20. The summed E-state index contributed by atoms with van der Waals surface area (Å²) >= 11 is 0. The normalized spacial score (nSPS) is 20.8. The van der Waals surface area contributed by atoms with Gasteiger partial charge in [0.15, 0.2) is 5.96 Å². The van der Waals surface area contributed by atoms with E-state index in [-0.39, 0.29) is 35.8 Å². The number of halogens is 1. The largest absolute Gasteiger partial charge is 0.369 e. The van der Waals surface area contributed by atoms with Crippen LogP contribution in [0.3, 0.4) is 0 Å². The van der Waals surface area contributed by atoms with E-state index >= 15 is 0 Å². The number of carbonyl (C=O) groups excluding carboxylic acids is 1. The Labute approximate surface area is 176 Å². The molecule has 0 aromatic heterocycles. The summed E-state index contributed by atoms with van der Waals surface area (Å²) in [6.07, 6.45) is 9.47. The Bertz CT molecular complexity index is 440. The molecule has 1 heterocycles. The number of unbranched alkanes of at least 4 members (excludes halogenated alkanes) is 1. The Kier molecular flexibility index (Phi) is 10.8. The molecule has 0 atom stereocenters. The van der Waals surface area contributed by atoms with Crippen molar-refractivity contribution >= 4 is 35.8 Å². The molecule has 152 valence electrons. The van der Waals surface area contributed by atoms with Crippen LogP contribution in [0.1, 0.15) is 58.3 Å². The standard InChI is InChI=1S/C19H37N5O.HI/c1-3-19(9-6-10-19)15-23-18(21-2)22-11-4-5-12-24-13-7-16(8-14-24)17(20)25;/h16H,3-15H2,1-2H3,(H2,20,25)(H2,21,22,23);1H. The van der Waals surface area contributed by atoms with Gasteiger partial charge in [-0.1, -0.05) is 13.3 Å². The van der Waals surface area contributed by atoms with E-state index in [9.17, 15) is 4.79 Å². The molecule has 4 N–H and O–H groups in total. The molecule has 0 spiro atoms. The van der Waals surface area contributed by atoms with E-state index in [0.29, 0.717) is 5.41 Å². The smallest absolute Gasteiger partial charge is 0.220 e. The Morgan fingerprint density at radius 2 is 1.92 bits per heavy atom. The number of piperidine rings is 1. The zero-order valence-corrected chi connectivity index (χ0v) is 18.9. The van der Waals surface area contributed by atoms with Crippen LogP contribution >= 0.6 is 24.0 Å². The first-order valence-electron chi connectivity index (χ1n) is 10.0. The van der Waals surface area contributed by atoms with E-state index in [1.165, 1.54) is 32.1 Å². The van der Waals surface area contributed by atoms with Crippen molar-refractivity contribution in [1.29, 1.82) is 0 Å². The number of primary amides is 1. The van der Waals surface area contributed by atoms with Crippen LogP contribution in [0.25, 0.3) is 0 Å². The lowest BCUT2D eigenvalue weighted by atomic mass is 9.67. The molecule has 0 unspecified atom stereocenters. The Balaban J connectivity index is 0.00000338. The Morgan fingerprint density at radius 3 is 2.42 bits per heavy atom. The van der Waals surface area contributed by atoms with Crippen LogP contribution < -0.4 is 16.4 Å². The first-order chi connectivity index (χ1) is 12.1. The maximum atomic E-state index is 11.2. The second-order valence-electron chi connectivity index (χ2n) is 7.79. The van der Waals surface area contributed by atoms with Gasteiger partial charge in [-0.05, 0) is 70.0 Å². The number of amides is 1. The molecule has 1 saturated heterocycles. The molecule has 0 bridgehead atoms. The van der Waals surface area contributed by atoms with Gasteiger partial charge >= 0.3 is 0 Å². The van der Waals surface area contributed by atoms with Gasteiger partial charge in [0.2, 0.25) is 5.91 Å². The number of nitrogens with two attached hydrogens (primary N) is 1. The van der Waals surface area contributed by atoms with Gasteiger partial charge in [0.05, 0.1) is 0 Å². The first-order valence-corrected chi connectivity index (χ1v) is 10.0. The topological polar surface area (TPSA) is 82.8 Å². The number of guanidine groups is 1. The van der Waals surface area contributed by atoms with Crippen molar-refractivity contribution in [3.05, 3.63) is 0 Å². The van der Waals surface area contributed by atoms with Crippen molar-refractivity contribution in [2.75, 3.05) is 39.8 Å². The van der Waals surface area contributed by atoms with Gasteiger partial charge in [-0.25, -0.2) is 0 Å². The van der Waals surface area contributed by atoms with Crippen molar-refractivity contribution in [1.82, 2.24) is 15.5 Å². The van der Waals surface area contributed by atoms with Gasteiger partial charge in [0.25, 0.3) is 0 Å². The minimum absolute atomic E-state index is 0. The molecule has 0 aromatic rings. The molecule has 1 amide bonds. The van der Waals surface area contributed by atoms with E-state index < -0.39 is 0 Å². The van der Waals surface area contributed by atoms with Crippen LogP contribution in [-0.4, -0.2) is 56.5 Å². The van der Waals surface area contributed by atoms with Crippen molar-refractivity contribution in [3.63, 3.8) is 0 Å². The fourth-order valence-electron chi connectivity index (χ4n) is 3.93. The monoisotopic (exact) mass is 479 g/mol. The Hall–Kier alpha value is -0.570. The SMILES string of the molecule is CCC1(CNC(=NC)NCCCCN2CCC(C(N)=O)CC2)CCC1.I. The fourth-order valence-corrected chi connectivity index (χ4v) is 3.93. The van der Waals surface area contributed by atoms with Crippen LogP contribution in [0.4, 0.5) is 0 Å². The van der Waals surface area contributed by atoms with Crippen LogP contribution in [0.15, 0.2) is 4.99 Å². The van der Waals surface area contributed by atoms with Gasteiger partial charge in [0.1, 0.15) is 0 Å². The van der Waals surface area contributed by atoms with E-state index in [1.54, 1.807) is 0 Å². The molecule has 1 saturated carbocycles. The minimum atomic E-state index is -0.130. The van der Waals surface area contributed by atoms with Crippen molar-refractivity contribution < 1.29 is 4.79 Å². The summed E-state index contributed by atoms with van der Waals surface area (Å²) in [4.78, 5) is 18.0. The number of hydrogen-bond donors (Lipinski definition) is 3. The molecule has 2 rings (SSSR count). The van der Waals surface area contributed by atoms with Gasteiger partial charge in [-0.3, -0.25) is 9.79 Å². The number of nitrogens with one attached hydrogen (secondary N) is 2. The van der Waals surface area contributed by atoms with Crippen molar-refractivity contribution in [3.8, 4) is 0 Å². The van der Waals surface area contributed by atoms with Crippen LogP contribution in [0.5, 0.6) is 0 Å². The number of aliphatic imine (C=N–C) groups is 1. The van der Waals surface area contributed by atoms with Gasteiger partial charge in [-0.15, -0.1) is 24.0 Å². The summed E-state index contributed by atoms with van der Waals surface area (Å²) in [5.41, 5.74) is 5.89. The number of rotatable bonds is 9. The number of likely N-dealkylation sites (tertiary alicyclic amines) is 1. The third kappa shape index (κ3) is 7.21. The molecular weight excluding hydrogens is 441 g/mol. The third-order valence-electron chi connectivity index (χ3n) is 6.20. The molecule has 2 fully saturated rings. The maximum Gasteiger partial charge on any atom is 0.220 e. The number of carbonyl (C=O) groups is 1. The average Bonchev–Trinajstić information content (AvgIpc) is 2.59. The van der Waals surface area contributed by atoms with E-state index in [2.05, 4.69) is 27.4 Å². The first kappa shape index (κ1) is 23.5. The molecule has 7 heteroatoms. The van der Waals surface area contributed by atoms with E-state index in [0.717, 1.165) is 57.9 Å². The highest BCUT2D eigenvalue weighted by atomic mass is 127. The van der Waals surface area contributed by atoms with Crippen molar-refractivity contribution in [2.45, 2.75) is 58.3 Å². The summed E-state index contributed by atoms with van der Waals surface area (Å²) in [5, 5.41) is 6.94. The summed E-state index contributed by atoms with van der Waals surface area (Å²) in [6, 6.07) is 0. The second-order valence-corrected chi connectivity index (χ2v) is 7.79. The predicted molar refractivity (Wildman–Crippen MR) is 119 cm³/mol. The maximum absolute atomic E-state index is 11.2. The summed E-state index contributed by atoms with van der Waals surface area (Å²) in [5.74, 6) is 0.894. The predicted octanol–water partition coefficient (Wildman–Crippen LogP) is 2.33. The highest BCUT2D eigenvalue weighted by Gasteiger charge is 2.34. The quantitative estimate of drug-likeness (QED) is 0.205. The van der Waals surface area contributed by atoms with Crippen LogP contribution in [0.2, 0.25) is 0 Å². The minimum Gasteiger partial charge on any atom is -0.369 e. The average molecular weight is 479 g/mol. The molecule has 1 aliphatic carbocycles. The van der Waals surface area contributed by atoms with Gasteiger partial charge < -0.3 is 21.3 Å². The van der Waals surface area contributed by atoms with Crippen LogP contribution in [0, 0.1) is 11.3 Å². The van der Waals surface area contributed by atoms with Gasteiger partial charge in [0, 0.05) is 26.1 Å². The lowest BCUT2D eigenvalue weighted by Gasteiger charge is -2.41. The second kappa shape index (κ2) is 12.0. The zero-order chi connectivity index (χ0) is 18.1. The number of hydrogen-bond acceptors (Lipinski definition) is 3. The zero-order valence-electron chi connectivity index (χ0n) is 16.6. The van der Waals surface area contributed by atoms with Crippen LogP contribution in [-0.2, 0) is 4.79 Å². The summed E-state index contributed by atoms with van der Waals surface area (Å²) < 4.78 is 0. The lowest BCUT2D eigenvalue weighted by Crippen LogP contribution is -2.46. The van der Waals surface area contributed by atoms with Crippen molar-refractivity contribution in [2.24, 2.45) is 22.1 Å². The number of nitrogens with zero attached hydrogens (tertiary/aromatic N) is 2. The summed E-state index contributed by atoms with van der Waals surface area (Å²) in [7, 11) is 1.84. The highest BCUT2D eigenvalue weighted by molar-refractivity contribution is 14.0. The summed E-state index contributed by atoms with van der Waals surface area (Å²) in [6.45, 7) is 7.41. The van der Waals surface area contributed by atoms with Gasteiger partial charge in [-0.2, -0.15) is 0 Å². The highest BCUT2D eigenvalue weighted by Crippen LogP contribution is 2.42. The Morgan fingerprint density at radius 1 is 1.23 bits per heavy atom. The van der Waals surface area contributed by atoms with E-state index in [1.807, 2.05) is 7.05 Å². The molecule has 6 nitrogen and oxygen atoms in total. The van der Waals surface area contributed by atoms with E-state index in [4.69, 9.17) is 5.73 Å². The molecule has 2 aliphatic rings. The molecule has 26 heavy (non-hydrogen) atoms. The molecule has 0 radical (unpaired) electrons. The molecular formula is C19H38IN5O. The fraction of sp³-hybridized carbons (Fsp3) is 0.895.